The fourth-order valence-corrected chi connectivity index (χ4v) is 2.38. The van der Waals surface area contributed by atoms with Crippen LogP contribution >= 0.6 is 0 Å². The van der Waals surface area contributed by atoms with E-state index in [1.807, 2.05) is 12.2 Å². The molecule has 138 valence electrons. The Morgan fingerprint density at radius 1 is 0.800 bits per heavy atom. The van der Waals surface area contributed by atoms with E-state index < -0.39 is 5.97 Å². The summed E-state index contributed by atoms with van der Waals surface area (Å²) in [6, 6.07) is 0. The number of carbonyl (C=O) groups is 1. The third-order valence-corrected chi connectivity index (χ3v) is 3.90. The summed E-state index contributed by atoms with van der Waals surface area (Å²) in [4.78, 5) is 10.2. The number of hydrogen-bond acceptors (Lipinski definition) is 3. The first kappa shape index (κ1) is 21.2. The molecule has 0 unspecified atom stereocenters. The molecule has 0 aromatic rings. The maximum Gasteiger partial charge on any atom is 0.0876 e. The second-order valence-corrected chi connectivity index (χ2v) is 6.07. The van der Waals surface area contributed by atoms with Gasteiger partial charge in [0.15, 0.2) is 0 Å². The first-order valence-corrected chi connectivity index (χ1v) is 9.34. The summed E-state index contributed by atoms with van der Waals surface area (Å²) >= 11 is 0. The van der Waals surface area contributed by atoms with Gasteiger partial charge in [-0.05, 0) is 51.4 Å². The highest BCUT2D eigenvalue weighted by Gasteiger charge is 2.35. The van der Waals surface area contributed by atoms with Crippen LogP contribution in [0.1, 0.15) is 58.3 Å². The van der Waals surface area contributed by atoms with E-state index in [2.05, 4.69) is 55.5 Å². The molecular formula is C22H31O3-. The molecule has 0 N–H and O–H groups in total. The van der Waals surface area contributed by atoms with Crippen molar-refractivity contribution in [3.8, 4) is 0 Å². The smallest absolute Gasteiger partial charge is 0.0876 e. The fraction of sp³-hybridized carbons (Fsp3) is 0.500. The van der Waals surface area contributed by atoms with E-state index >= 15 is 0 Å². The van der Waals surface area contributed by atoms with Gasteiger partial charge in [0.25, 0.3) is 0 Å². The molecule has 1 aliphatic heterocycles. The van der Waals surface area contributed by atoms with Gasteiger partial charge in [-0.25, -0.2) is 0 Å². The Morgan fingerprint density at radius 3 is 1.72 bits per heavy atom. The number of epoxide rings is 1. The second-order valence-electron chi connectivity index (χ2n) is 6.07. The van der Waals surface area contributed by atoms with Crippen LogP contribution in [0, 0.1) is 0 Å². The van der Waals surface area contributed by atoms with Crippen molar-refractivity contribution >= 4 is 5.97 Å². The normalized spacial score (nSPS) is 20.8. The van der Waals surface area contributed by atoms with Crippen LogP contribution in [0.25, 0.3) is 0 Å². The average molecular weight is 343 g/mol. The first-order chi connectivity index (χ1) is 12.2. The van der Waals surface area contributed by atoms with E-state index in [0.717, 1.165) is 38.5 Å². The number of aliphatic carboxylic acids is 1. The summed E-state index contributed by atoms with van der Waals surface area (Å²) in [5, 5.41) is 10.2. The summed E-state index contributed by atoms with van der Waals surface area (Å²) in [5.41, 5.74) is 0. The monoisotopic (exact) mass is 343 g/mol. The highest BCUT2D eigenvalue weighted by atomic mass is 16.6. The quantitative estimate of drug-likeness (QED) is 0.346. The molecule has 1 rings (SSSR count). The lowest BCUT2D eigenvalue weighted by molar-refractivity contribution is -0.305. The Kier molecular flexibility index (Phi) is 12.3. The lowest BCUT2D eigenvalue weighted by atomic mass is 10.2. The summed E-state index contributed by atoms with van der Waals surface area (Å²) < 4.78 is 5.49. The Balaban J connectivity index is 1.91. The van der Waals surface area contributed by atoms with Gasteiger partial charge in [0, 0.05) is 5.97 Å². The third-order valence-electron chi connectivity index (χ3n) is 3.90. The van der Waals surface area contributed by atoms with Gasteiger partial charge in [-0.3, -0.25) is 0 Å². The van der Waals surface area contributed by atoms with Crippen molar-refractivity contribution in [2.75, 3.05) is 0 Å². The Labute approximate surface area is 152 Å². The number of ether oxygens (including phenoxy) is 1. The number of carboxylic acids is 1. The molecule has 0 bridgehead atoms. The molecular weight excluding hydrogens is 312 g/mol. The van der Waals surface area contributed by atoms with E-state index in [0.29, 0.717) is 18.6 Å². The summed E-state index contributed by atoms with van der Waals surface area (Å²) in [5.74, 6) is -0.992. The van der Waals surface area contributed by atoms with E-state index in [-0.39, 0.29) is 6.42 Å². The molecule has 0 saturated carbocycles. The van der Waals surface area contributed by atoms with Crippen LogP contribution in [0.5, 0.6) is 0 Å². The summed E-state index contributed by atoms with van der Waals surface area (Å²) in [6.45, 7) is 2.17. The molecule has 0 aliphatic carbocycles. The van der Waals surface area contributed by atoms with Gasteiger partial charge in [0.2, 0.25) is 0 Å². The van der Waals surface area contributed by atoms with Crippen LogP contribution in [0.2, 0.25) is 0 Å². The molecule has 1 heterocycles. The Morgan fingerprint density at radius 2 is 1.28 bits per heavy atom. The van der Waals surface area contributed by atoms with E-state index in [1.54, 1.807) is 0 Å². The largest absolute Gasteiger partial charge is 0.550 e. The van der Waals surface area contributed by atoms with Crippen LogP contribution in [0.15, 0.2) is 60.8 Å². The molecule has 0 aromatic heterocycles. The van der Waals surface area contributed by atoms with Crippen LogP contribution in [-0.2, 0) is 9.53 Å². The molecule has 0 aromatic carbocycles. The number of hydrogen-bond donors (Lipinski definition) is 0. The highest BCUT2D eigenvalue weighted by molar-refractivity contribution is 5.64. The van der Waals surface area contributed by atoms with Crippen molar-refractivity contribution in [2.45, 2.75) is 70.5 Å². The van der Waals surface area contributed by atoms with Crippen LogP contribution in [-0.4, -0.2) is 18.2 Å². The SMILES string of the molecule is CC[C@H]1O[C@H]1C/C=C\C/C=C\C/C=C\C/C=C\C/C=C\CCC(=O)[O-]. The molecule has 1 saturated heterocycles. The van der Waals surface area contributed by atoms with Crippen molar-refractivity contribution in [1.29, 1.82) is 0 Å². The standard InChI is InChI=1S/C22H32O3/c1-2-20-21(25-20)18-16-14-12-10-8-6-4-3-5-7-9-11-13-15-17-19-22(23)24/h3-4,7-10,13-16,20-21H,2,5-6,11-12,17-19H2,1H3,(H,23,24)/p-1/b4-3-,9-7-,10-8-,15-13-,16-14-/t20-,21+/m1/s1. The van der Waals surface area contributed by atoms with Gasteiger partial charge in [0.05, 0.1) is 12.2 Å². The van der Waals surface area contributed by atoms with Gasteiger partial charge >= 0.3 is 0 Å². The predicted molar refractivity (Wildman–Crippen MR) is 102 cm³/mol. The van der Waals surface area contributed by atoms with Gasteiger partial charge < -0.3 is 14.6 Å². The molecule has 1 aliphatic rings. The Hall–Kier alpha value is -1.87. The fourth-order valence-electron chi connectivity index (χ4n) is 2.38. The van der Waals surface area contributed by atoms with Crippen LogP contribution in [0.4, 0.5) is 0 Å². The van der Waals surface area contributed by atoms with Crippen molar-refractivity contribution in [3.63, 3.8) is 0 Å². The lowest BCUT2D eigenvalue weighted by Gasteiger charge is -1.95. The topological polar surface area (TPSA) is 52.7 Å². The predicted octanol–water partition coefficient (Wildman–Crippen LogP) is 4.43. The van der Waals surface area contributed by atoms with Crippen LogP contribution in [0.3, 0.4) is 0 Å². The molecule has 0 radical (unpaired) electrons. The molecule has 2 atom stereocenters. The first-order valence-electron chi connectivity index (χ1n) is 9.34. The van der Waals surface area contributed by atoms with Gasteiger partial charge in [-0.2, -0.15) is 0 Å². The minimum atomic E-state index is -0.992. The number of rotatable bonds is 14. The highest BCUT2D eigenvalue weighted by Crippen LogP contribution is 2.28. The maximum atomic E-state index is 10.2. The van der Waals surface area contributed by atoms with Crippen molar-refractivity contribution in [2.24, 2.45) is 0 Å². The molecule has 3 nitrogen and oxygen atoms in total. The number of carbonyl (C=O) groups excluding carboxylic acids is 1. The minimum Gasteiger partial charge on any atom is -0.550 e. The van der Waals surface area contributed by atoms with Crippen molar-refractivity contribution in [1.82, 2.24) is 0 Å². The lowest BCUT2D eigenvalue weighted by Crippen LogP contribution is -2.21. The third kappa shape index (κ3) is 13.1. The number of carboxylic acid groups (broad SMARTS) is 1. The van der Waals surface area contributed by atoms with E-state index in [9.17, 15) is 9.90 Å². The molecule has 25 heavy (non-hydrogen) atoms. The molecule has 1 fully saturated rings. The zero-order valence-electron chi connectivity index (χ0n) is 15.3. The zero-order valence-corrected chi connectivity index (χ0v) is 15.3. The molecule has 0 spiro atoms. The summed E-state index contributed by atoms with van der Waals surface area (Å²) in [7, 11) is 0. The van der Waals surface area contributed by atoms with Gasteiger partial charge in [-0.15, -0.1) is 0 Å². The van der Waals surface area contributed by atoms with E-state index in [4.69, 9.17) is 4.74 Å². The average Bonchev–Trinajstić information content (AvgIpc) is 3.36. The summed E-state index contributed by atoms with van der Waals surface area (Å²) in [6.07, 6.45) is 28.7. The van der Waals surface area contributed by atoms with Crippen LogP contribution < -0.4 is 5.11 Å². The van der Waals surface area contributed by atoms with Gasteiger partial charge in [0.1, 0.15) is 0 Å². The Bertz CT molecular complexity index is 497. The zero-order chi connectivity index (χ0) is 18.2. The number of allylic oxidation sites excluding steroid dienone is 9. The second kappa shape index (κ2) is 14.5. The van der Waals surface area contributed by atoms with E-state index in [1.165, 1.54) is 0 Å². The molecule has 3 heteroatoms. The minimum absolute atomic E-state index is 0.0977. The van der Waals surface area contributed by atoms with Crippen molar-refractivity contribution < 1.29 is 14.6 Å². The molecule has 0 amide bonds. The van der Waals surface area contributed by atoms with Crippen molar-refractivity contribution in [3.05, 3.63) is 60.8 Å². The maximum absolute atomic E-state index is 10.2. The van der Waals surface area contributed by atoms with Gasteiger partial charge in [-0.1, -0.05) is 67.7 Å².